The Morgan fingerprint density at radius 2 is 2.31 bits per heavy atom. The van der Waals surface area contributed by atoms with Gasteiger partial charge >= 0.3 is 0 Å². The summed E-state index contributed by atoms with van der Waals surface area (Å²) in [5, 5.41) is 12.3. The van der Waals surface area contributed by atoms with Crippen LogP contribution in [0.25, 0.3) is 0 Å². The van der Waals surface area contributed by atoms with Crippen LogP contribution < -0.4 is 5.32 Å². The van der Waals surface area contributed by atoms with Crippen molar-refractivity contribution in [2.24, 2.45) is 5.92 Å². The van der Waals surface area contributed by atoms with Gasteiger partial charge in [0.05, 0.1) is 18.9 Å². The molecule has 2 rings (SSSR count). The number of amides is 1. The van der Waals surface area contributed by atoms with E-state index in [1.54, 1.807) is 12.1 Å². The lowest BCUT2D eigenvalue weighted by atomic mass is 10.0. The average molecular weight is 221 g/mol. The van der Waals surface area contributed by atoms with Crippen molar-refractivity contribution in [3.05, 3.63) is 23.8 Å². The quantitative estimate of drug-likeness (QED) is 0.763. The van der Waals surface area contributed by atoms with E-state index in [2.05, 4.69) is 5.32 Å². The summed E-state index contributed by atoms with van der Waals surface area (Å²) >= 11 is 0. The minimum atomic E-state index is -0.0764. The molecule has 0 spiro atoms. The largest absolute Gasteiger partial charge is 0.506 e. The SMILES string of the molecule is Cc1ccc(NC(=O)CC2COC2)c(O)c1. The number of aryl methyl sites for hydroxylation is 1. The van der Waals surface area contributed by atoms with Gasteiger partial charge < -0.3 is 15.2 Å². The highest BCUT2D eigenvalue weighted by Gasteiger charge is 2.21. The second-order valence-corrected chi connectivity index (χ2v) is 4.18. The van der Waals surface area contributed by atoms with Crippen LogP contribution >= 0.6 is 0 Å². The predicted octanol–water partition coefficient (Wildman–Crippen LogP) is 1.68. The van der Waals surface area contributed by atoms with E-state index in [4.69, 9.17) is 4.74 Å². The topological polar surface area (TPSA) is 58.6 Å². The molecule has 1 aliphatic heterocycles. The summed E-state index contributed by atoms with van der Waals surface area (Å²) in [5.41, 5.74) is 1.43. The summed E-state index contributed by atoms with van der Waals surface area (Å²) in [5.74, 6) is 0.359. The lowest BCUT2D eigenvalue weighted by Gasteiger charge is -2.25. The van der Waals surface area contributed by atoms with Crippen LogP contribution in [0, 0.1) is 12.8 Å². The molecule has 0 aromatic heterocycles. The third-order valence-electron chi connectivity index (χ3n) is 2.61. The normalized spacial score (nSPS) is 15.6. The second kappa shape index (κ2) is 4.53. The molecule has 4 nitrogen and oxygen atoms in total. The molecule has 0 unspecified atom stereocenters. The Morgan fingerprint density at radius 3 is 2.88 bits per heavy atom. The Kier molecular flexibility index (Phi) is 3.10. The number of phenolic OH excluding ortho intramolecular Hbond substituents is 1. The molecule has 0 radical (unpaired) electrons. The summed E-state index contributed by atoms with van der Waals surface area (Å²) in [7, 11) is 0. The van der Waals surface area contributed by atoms with Crippen LogP contribution in [0.2, 0.25) is 0 Å². The van der Waals surface area contributed by atoms with E-state index in [9.17, 15) is 9.90 Å². The van der Waals surface area contributed by atoms with Crippen LogP contribution in [0.15, 0.2) is 18.2 Å². The lowest BCUT2D eigenvalue weighted by Crippen LogP contribution is -2.31. The van der Waals surface area contributed by atoms with Crippen LogP contribution in [0.3, 0.4) is 0 Å². The van der Waals surface area contributed by atoms with Gasteiger partial charge in [-0.05, 0) is 24.6 Å². The van der Waals surface area contributed by atoms with Crippen molar-refractivity contribution in [2.45, 2.75) is 13.3 Å². The number of ether oxygens (including phenoxy) is 1. The summed E-state index contributed by atoms with van der Waals surface area (Å²) in [6.07, 6.45) is 0.452. The molecule has 1 saturated heterocycles. The molecule has 0 aliphatic carbocycles. The molecule has 1 aromatic carbocycles. The van der Waals surface area contributed by atoms with Gasteiger partial charge in [0.2, 0.25) is 5.91 Å². The van der Waals surface area contributed by atoms with Crippen LogP contribution in [-0.4, -0.2) is 24.2 Å². The van der Waals surface area contributed by atoms with Gasteiger partial charge in [0, 0.05) is 12.3 Å². The zero-order valence-corrected chi connectivity index (χ0v) is 9.19. The van der Waals surface area contributed by atoms with Crippen LogP contribution in [-0.2, 0) is 9.53 Å². The standard InChI is InChI=1S/C12H15NO3/c1-8-2-3-10(11(14)4-8)13-12(15)5-9-6-16-7-9/h2-4,9,14H,5-7H2,1H3,(H,13,15). The third kappa shape index (κ3) is 2.52. The Balaban J connectivity index is 1.94. The fourth-order valence-corrected chi connectivity index (χ4v) is 1.61. The Hall–Kier alpha value is -1.55. The second-order valence-electron chi connectivity index (χ2n) is 4.18. The summed E-state index contributed by atoms with van der Waals surface area (Å²) in [6.45, 7) is 3.21. The molecule has 1 aromatic rings. The maximum absolute atomic E-state index is 11.6. The molecule has 1 fully saturated rings. The number of phenols is 1. The van der Waals surface area contributed by atoms with Gasteiger partial charge in [-0.25, -0.2) is 0 Å². The zero-order chi connectivity index (χ0) is 11.5. The number of carbonyl (C=O) groups excluding carboxylic acids is 1. The van der Waals surface area contributed by atoms with Gasteiger partial charge in [0.1, 0.15) is 5.75 Å². The van der Waals surface area contributed by atoms with Crippen molar-refractivity contribution in [2.75, 3.05) is 18.5 Å². The minimum absolute atomic E-state index is 0.0764. The number of hydrogen-bond acceptors (Lipinski definition) is 3. The van der Waals surface area contributed by atoms with E-state index in [0.717, 1.165) is 5.56 Å². The van der Waals surface area contributed by atoms with Gasteiger partial charge in [0.15, 0.2) is 0 Å². The highest BCUT2D eigenvalue weighted by Crippen LogP contribution is 2.24. The van der Waals surface area contributed by atoms with Crippen LogP contribution in [0.1, 0.15) is 12.0 Å². The van der Waals surface area contributed by atoms with Crippen molar-refractivity contribution >= 4 is 11.6 Å². The Labute approximate surface area is 94.2 Å². The van der Waals surface area contributed by atoms with E-state index in [1.165, 1.54) is 0 Å². The van der Waals surface area contributed by atoms with Crippen molar-refractivity contribution in [3.63, 3.8) is 0 Å². The van der Waals surface area contributed by atoms with Crippen molar-refractivity contribution in [1.29, 1.82) is 0 Å². The molecule has 0 atom stereocenters. The van der Waals surface area contributed by atoms with E-state index in [1.807, 2.05) is 13.0 Å². The number of hydrogen-bond donors (Lipinski definition) is 2. The van der Waals surface area contributed by atoms with E-state index in [-0.39, 0.29) is 11.7 Å². The van der Waals surface area contributed by atoms with Crippen molar-refractivity contribution in [3.8, 4) is 5.75 Å². The number of carbonyl (C=O) groups is 1. The minimum Gasteiger partial charge on any atom is -0.506 e. The third-order valence-corrected chi connectivity index (χ3v) is 2.61. The Bertz CT molecular complexity index is 399. The first-order chi connectivity index (χ1) is 7.65. The monoisotopic (exact) mass is 221 g/mol. The van der Waals surface area contributed by atoms with Crippen molar-refractivity contribution in [1.82, 2.24) is 0 Å². The first-order valence-corrected chi connectivity index (χ1v) is 5.32. The van der Waals surface area contributed by atoms with Gasteiger partial charge in [0.25, 0.3) is 0 Å². The summed E-state index contributed by atoms with van der Waals surface area (Å²) < 4.78 is 5.00. The van der Waals surface area contributed by atoms with Gasteiger partial charge in [-0.2, -0.15) is 0 Å². The number of benzene rings is 1. The maximum Gasteiger partial charge on any atom is 0.224 e. The number of rotatable bonds is 3. The number of anilines is 1. The highest BCUT2D eigenvalue weighted by atomic mass is 16.5. The van der Waals surface area contributed by atoms with Gasteiger partial charge in [-0.1, -0.05) is 6.07 Å². The van der Waals surface area contributed by atoms with E-state index < -0.39 is 0 Å². The Morgan fingerprint density at radius 1 is 1.56 bits per heavy atom. The zero-order valence-electron chi connectivity index (χ0n) is 9.19. The summed E-state index contributed by atoms with van der Waals surface area (Å²) in [6, 6.07) is 5.18. The molecule has 1 amide bonds. The average Bonchev–Trinajstić information content (AvgIpc) is 2.16. The smallest absolute Gasteiger partial charge is 0.224 e. The molecule has 4 heteroatoms. The fourth-order valence-electron chi connectivity index (χ4n) is 1.61. The maximum atomic E-state index is 11.6. The number of aromatic hydroxyl groups is 1. The molecule has 2 N–H and O–H groups in total. The molecule has 1 heterocycles. The molecule has 0 saturated carbocycles. The molecule has 1 aliphatic rings. The number of nitrogens with one attached hydrogen (secondary N) is 1. The summed E-state index contributed by atoms with van der Waals surface area (Å²) in [4.78, 5) is 11.6. The molecule has 16 heavy (non-hydrogen) atoms. The molecule has 0 bridgehead atoms. The van der Waals surface area contributed by atoms with Crippen LogP contribution in [0.4, 0.5) is 5.69 Å². The van der Waals surface area contributed by atoms with Gasteiger partial charge in [-0.15, -0.1) is 0 Å². The molecule has 86 valence electrons. The van der Waals surface area contributed by atoms with Crippen molar-refractivity contribution < 1.29 is 14.6 Å². The molecular weight excluding hydrogens is 206 g/mol. The fraction of sp³-hybridized carbons (Fsp3) is 0.417. The highest BCUT2D eigenvalue weighted by molar-refractivity contribution is 5.92. The first kappa shape index (κ1) is 11.0. The van der Waals surface area contributed by atoms with E-state index >= 15 is 0 Å². The predicted molar refractivity (Wildman–Crippen MR) is 60.4 cm³/mol. The molecular formula is C12H15NO3. The van der Waals surface area contributed by atoms with E-state index in [0.29, 0.717) is 31.2 Å². The lowest BCUT2D eigenvalue weighted by molar-refractivity contribution is -0.121. The van der Waals surface area contributed by atoms with Gasteiger partial charge in [-0.3, -0.25) is 4.79 Å². The first-order valence-electron chi connectivity index (χ1n) is 5.32. The van der Waals surface area contributed by atoms with Crippen LogP contribution in [0.5, 0.6) is 5.75 Å².